The van der Waals surface area contributed by atoms with Crippen LogP contribution in [0.4, 0.5) is 10.1 Å². The highest BCUT2D eigenvalue weighted by atomic mass is 35.5. The summed E-state index contributed by atoms with van der Waals surface area (Å²) < 4.78 is 14.4. The van der Waals surface area contributed by atoms with E-state index >= 15 is 0 Å². The maximum Gasteiger partial charge on any atom is 0.258 e. The van der Waals surface area contributed by atoms with Crippen LogP contribution in [0.1, 0.15) is 10.4 Å². The Balaban J connectivity index is 1.89. The minimum Gasteiger partial charge on any atom is -0.320 e. The molecule has 3 nitrogen and oxygen atoms in total. The summed E-state index contributed by atoms with van der Waals surface area (Å²) in [7, 11) is 0. The van der Waals surface area contributed by atoms with E-state index in [0.29, 0.717) is 27.0 Å². The van der Waals surface area contributed by atoms with Crippen molar-refractivity contribution in [1.29, 1.82) is 0 Å². The van der Waals surface area contributed by atoms with Gasteiger partial charge in [0.1, 0.15) is 5.82 Å². The second-order valence-corrected chi connectivity index (χ2v) is 6.28. The Hall–Kier alpha value is -2.14. The van der Waals surface area contributed by atoms with Gasteiger partial charge in [0, 0.05) is 11.8 Å². The van der Waals surface area contributed by atoms with E-state index in [9.17, 15) is 9.18 Å². The lowest BCUT2D eigenvalue weighted by Crippen LogP contribution is -2.14. The standard InChI is InChI=1S/C18H10Cl3FN2O/c19-12-3-1-5-15(16(12)21)24-18(25)11-7-6-10(9-14(11)22)17-13(20)4-2-8-23-17/h1-9H,(H,24,25). The molecule has 0 unspecified atom stereocenters. The van der Waals surface area contributed by atoms with Gasteiger partial charge in [-0.3, -0.25) is 9.78 Å². The van der Waals surface area contributed by atoms with Crippen molar-refractivity contribution in [3.63, 3.8) is 0 Å². The average molecular weight is 396 g/mol. The fraction of sp³-hybridized carbons (Fsp3) is 0. The van der Waals surface area contributed by atoms with Crippen LogP contribution >= 0.6 is 34.8 Å². The molecule has 126 valence electrons. The summed E-state index contributed by atoms with van der Waals surface area (Å²) in [5.41, 5.74) is 1.08. The number of carbonyl (C=O) groups is 1. The van der Waals surface area contributed by atoms with Gasteiger partial charge in [-0.2, -0.15) is 0 Å². The predicted octanol–water partition coefficient (Wildman–Crippen LogP) is 6.10. The zero-order chi connectivity index (χ0) is 18.0. The molecule has 7 heteroatoms. The van der Waals surface area contributed by atoms with Gasteiger partial charge in [-0.25, -0.2) is 4.39 Å². The molecular formula is C18H10Cl3FN2O. The molecule has 0 atom stereocenters. The molecule has 0 spiro atoms. The van der Waals surface area contributed by atoms with Crippen molar-refractivity contribution in [2.75, 3.05) is 5.32 Å². The molecule has 2 aromatic carbocycles. The Morgan fingerprint density at radius 2 is 1.76 bits per heavy atom. The van der Waals surface area contributed by atoms with Gasteiger partial charge in [-0.1, -0.05) is 46.9 Å². The van der Waals surface area contributed by atoms with Gasteiger partial charge < -0.3 is 5.32 Å². The number of hydrogen-bond donors (Lipinski definition) is 1. The minimum absolute atomic E-state index is 0.133. The molecule has 0 bridgehead atoms. The van der Waals surface area contributed by atoms with E-state index in [1.54, 1.807) is 42.6 Å². The zero-order valence-corrected chi connectivity index (χ0v) is 14.8. The first-order valence-corrected chi connectivity index (χ1v) is 8.26. The Labute approximate surface area is 158 Å². The van der Waals surface area contributed by atoms with Crippen molar-refractivity contribution in [2.24, 2.45) is 0 Å². The van der Waals surface area contributed by atoms with E-state index in [1.165, 1.54) is 12.1 Å². The highest BCUT2D eigenvalue weighted by Crippen LogP contribution is 2.30. The van der Waals surface area contributed by atoms with Gasteiger partial charge in [0.25, 0.3) is 5.91 Å². The Kier molecular flexibility index (Phi) is 5.23. The van der Waals surface area contributed by atoms with Crippen LogP contribution in [0.5, 0.6) is 0 Å². The molecule has 1 N–H and O–H groups in total. The van der Waals surface area contributed by atoms with E-state index in [0.717, 1.165) is 0 Å². The number of halogens is 4. The van der Waals surface area contributed by atoms with Gasteiger partial charge >= 0.3 is 0 Å². The number of anilines is 1. The molecule has 0 aliphatic heterocycles. The number of carbonyl (C=O) groups excluding carboxylic acids is 1. The third kappa shape index (κ3) is 3.76. The number of hydrogen-bond acceptors (Lipinski definition) is 2. The lowest BCUT2D eigenvalue weighted by atomic mass is 10.1. The van der Waals surface area contributed by atoms with Crippen molar-refractivity contribution < 1.29 is 9.18 Å². The molecule has 1 heterocycles. The topological polar surface area (TPSA) is 42.0 Å². The smallest absolute Gasteiger partial charge is 0.258 e. The Bertz CT molecular complexity index is 963. The summed E-state index contributed by atoms with van der Waals surface area (Å²) in [6.45, 7) is 0. The van der Waals surface area contributed by atoms with Crippen LogP contribution in [-0.2, 0) is 0 Å². The fourth-order valence-corrected chi connectivity index (χ4v) is 2.81. The number of nitrogens with zero attached hydrogens (tertiary/aromatic N) is 1. The quantitative estimate of drug-likeness (QED) is 0.582. The molecular weight excluding hydrogens is 386 g/mol. The highest BCUT2D eigenvalue weighted by Gasteiger charge is 2.16. The number of aromatic nitrogens is 1. The molecule has 0 saturated heterocycles. The molecule has 1 aromatic heterocycles. The molecule has 0 aliphatic rings. The number of pyridine rings is 1. The fourth-order valence-electron chi connectivity index (χ4n) is 2.23. The monoisotopic (exact) mass is 394 g/mol. The molecule has 0 aliphatic carbocycles. The van der Waals surface area contributed by atoms with Gasteiger partial charge in [0.2, 0.25) is 0 Å². The van der Waals surface area contributed by atoms with Gasteiger partial charge in [-0.15, -0.1) is 0 Å². The van der Waals surface area contributed by atoms with Crippen molar-refractivity contribution >= 4 is 46.4 Å². The molecule has 0 saturated carbocycles. The highest BCUT2D eigenvalue weighted by molar-refractivity contribution is 6.44. The summed E-state index contributed by atoms with van der Waals surface area (Å²) in [5.74, 6) is -1.34. The van der Waals surface area contributed by atoms with Gasteiger partial charge in [0.05, 0.1) is 32.0 Å². The van der Waals surface area contributed by atoms with E-state index < -0.39 is 11.7 Å². The normalized spacial score (nSPS) is 10.6. The van der Waals surface area contributed by atoms with Crippen LogP contribution in [0.2, 0.25) is 15.1 Å². The van der Waals surface area contributed by atoms with Crippen LogP contribution < -0.4 is 5.32 Å². The third-order valence-corrected chi connectivity index (χ3v) is 4.57. The summed E-state index contributed by atoms with van der Waals surface area (Å²) in [5, 5.41) is 3.42. The first-order chi connectivity index (χ1) is 12.0. The van der Waals surface area contributed by atoms with Crippen molar-refractivity contribution in [3.8, 4) is 11.3 Å². The predicted molar refractivity (Wildman–Crippen MR) is 99.1 cm³/mol. The van der Waals surface area contributed by atoms with Crippen molar-refractivity contribution in [2.45, 2.75) is 0 Å². The van der Waals surface area contributed by atoms with Crippen LogP contribution in [0.15, 0.2) is 54.7 Å². The summed E-state index contributed by atoms with van der Waals surface area (Å²) in [4.78, 5) is 16.4. The third-order valence-electron chi connectivity index (χ3n) is 3.45. The lowest BCUT2D eigenvalue weighted by Gasteiger charge is -2.10. The number of nitrogens with one attached hydrogen (secondary N) is 1. The second-order valence-electron chi connectivity index (χ2n) is 5.08. The van der Waals surface area contributed by atoms with Crippen LogP contribution in [0.25, 0.3) is 11.3 Å². The van der Waals surface area contributed by atoms with E-state index in [1.807, 2.05) is 0 Å². The number of amides is 1. The van der Waals surface area contributed by atoms with Crippen LogP contribution in [0, 0.1) is 5.82 Å². The van der Waals surface area contributed by atoms with Crippen molar-refractivity contribution in [1.82, 2.24) is 4.98 Å². The molecule has 3 rings (SSSR count). The van der Waals surface area contributed by atoms with E-state index in [-0.39, 0.29) is 10.6 Å². The maximum absolute atomic E-state index is 14.4. The van der Waals surface area contributed by atoms with E-state index in [4.69, 9.17) is 34.8 Å². The zero-order valence-electron chi connectivity index (χ0n) is 12.6. The SMILES string of the molecule is O=C(Nc1cccc(Cl)c1Cl)c1ccc(-c2ncccc2Cl)cc1F. The molecule has 0 fully saturated rings. The van der Waals surface area contributed by atoms with Gasteiger partial charge in [0.15, 0.2) is 0 Å². The van der Waals surface area contributed by atoms with E-state index in [2.05, 4.69) is 10.3 Å². The first-order valence-electron chi connectivity index (χ1n) is 7.13. The first kappa shape index (κ1) is 17.7. The maximum atomic E-state index is 14.4. The van der Waals surface area contributed by atoms with Crippen LogP contribution in [0.3, 0.4) is 0 Å². The Morgan fingerprint density at radius 3 is 2.48 bits per heavy atom. The lowest BCUT2D eigenvalue weighted by molar-refractivity contribution is 0.102. The molecule has 0 radical (unpaired) electrons. The molecule has 1 amide bonds. The average Bonchev–Trinajstić information content (AvgIpc) is 2.59. The Morgan fingerprint density at radius 1 is 1.00 bits per heavy atom. The summed E-state index contributed by atoms with van der Waals surface area (Å²) in [6, 6.07) is 12.3. The minimum atomic E-state index is -0.699. The van der Waals surface area contributed by atoms with Gasteiger partial charge in [-0.05, 0) is 36.4 Å². The van der Waals surface area contributed by atoms with Crippen molar-refractivity contribution in [3.05, 3.63) is 81.2 Å². The summed E-state index contributed by atoms with van der Waals surface area (Å²) >= 11 is 18.0. The largest absolute Gasteiger partial charge is 0.320 e. The summed E-state index contributed by atoms with van der Waals surface area (Å²) in [6.07, 6.45) is 1.56. The number of rotatable bonds is 3. The molecule has 25 heavy (non-hydrogen) atoms. The van der Waals surface area contributed by atoms with Crippen LogP contribution in [-0.4, -0.2) is 10.9 Å². The second kappa shape index (κ2) is 7.40. The number of benzene rings is 2. The molecule has 3 aromatic rings.